The highest BCUT2D eigenvalue weighted by Gasteiger charge is 2.17. The molecular formula is C12H16ClNO2S. The first-order valence-corrected chi connectivity index (χ1v) is 7.57. The molecule has 0 atom stereocenters. The van der Waals surface area contributed by atoms with E-state index in [1.165, 1.54) is 0 Å². The topological polar surface area (TPSA) is 49.3 Å². The molecule has 1 heterocycles. The number of halogens is 1. The molecule has 1 aromatic rings. The van der Waals surface area contributed by atoms with Crippen LogP contribution in [0.15, 0.2) is 18.2 Å². The van der Waals surface area contributed by atoms with Crippen molar-refractivity contribution >= 4 is 22.4 Å². The first-order valence-electron chi connectivity index (χ1n) is 5.71. The molecule has 0 aromatic heterocycles. The van der Waals surface area contributed by atoms with Gasteiger partial charge in [0.25, 0.3) is 0 Å². The van der Waals surface area contributed by atoms with Crippen molar-refractivity contribution in [2.75, 3.05) is 11.5 Å². The molecule has 17 heavy (non-hydrogen) atoms. The second kappa shape index (κ2) is 5.85. The summed E-state index contributed by atoms with van der Waals surface area (Å²) in [5, 5.41) is 13.7. The van der Waals surface area contributed by atoms with Crippen LogP contribution < -0.4 is 5.32 Å². The van der Waals surface area contributed by atoms with E-state index in [1.54, 1.807) is 18.2 Å². The van der Waals surface area contributed by atoms with Crippen molar-refractivity contribution in [2.45, 2.75) is 25.4 Å². The lowest BCUT2D eigenvalue weighted by molar-refractivity contribution is 0.445. The van der Waals surface area contributed by atoms with Crippen molar-refractivity contribution in [1.29, 1.82) is 0 Å². The molecule has 2 N–H and O–H groups in total. The molecule has 0 aliphatic carbocycles. The minimum absolute atomic E-state index is 0.265. The van der Waals surface area contributed by atoms with Crippen LogP contribution in [0.4, 0.5) is 0 Å². The largest absolute Gasteiger partial charge is 0.508 e. The van der Waals surface area contributed by atoms with Gasteiger partial charge < -0.3 is 10.4 Å². The highest BCUT2D eigenvalue weighted by Crippen LogP contribution is 2.21. The molecule has 0 spiro atoms. The molecule has 5 heteroatoms. The van der Waals surface area contributed by atoms with Gasteiger partial charge in [0.2, 0.25) is 0 Å². The maximum absolute atomic E-state index is 11.2. The molecule has 1 aliphatic heterocycles. The Morgan fingerprint density at radius 1 is 1.41 bits per heavy atom. The molecule has 1 aliphatic rings. The number of hydrogen-bond acceptors (Lipinski definition) is 3. The first kappa shape index (κ1) is 12.9. The van der Waals surface area contributed by atoms with Crippen molar-refractivity contribution in [3.63, 3.8) is 0 Å². The molecule has 1 fully saturated rings. The molecule has 0 unspecified atom stereocenters. The number of rotatable bonds is 3. The number of aromatic hydroxyl groups is 1. The second-order valence-electron chi connectivity index (χ2n) is 4.28. The van der Waals surface area contributed by atoms with Gasteiger partial charge in [-0.15, -0.1) is 0 Å². The summed E-state index contributed by atoms with van der Waals surface area (Å²) in [5.41, 5.74) is 0.809. The minimum Gasteiger partial charge on any atom is -0.508 e. The lowest BCUT2D eigenvalue weighted by Gasteiger charge is -2.22. The smallest absolute Gasteiger partial charge is 0.120 e. The Kier molecular flexibility index (Phi) is 4.42. The molecule has 3 nitrogen and oxygen atoms in total. The van der Waals surface area contributed by atoms with E-state index in [-0.39, 0.29) is 5.75 Å². The Labute approximate surface area is 109 Å². The Hall–Kier alpha value is -0.580. The average molecular weight is 274 g/mol. The van der Waals surface area contributed by atoms with Gasteiger partial charge in [-0.2, -0.15) is 0 Å². The molecule has 94 valence electrons. The summed E-state index contributed by atoms with van der Waals surface area (Å²) in [5.74, 6) is 1.82. The molecule has 2 rings (SSSR count). The zero-order valence-electron chi connectivity index (χ0n) is 9.49. The highest BCUT2D eigenvalue weighted by atomic mass is 35.5. The average Bonchev–Trinajstić information content (AvgIpc) is 2.32. The van der Waals surface area contributed by atoms with E-state index < -0.39 is 10.8 Å². The molecule has 0 radical (unpaired) electrons. The van der Waals surface area contributed by atoms with Crippen LogP contribution in [0, 0.1) is 0 Å². The molecular weight excluding hydrogens is 258 g/mol. The Bertz CT molecular complexity index is 415. The van der Waals surface area contributed by atoms with E-state index >= 15 is 0 Å². The van der Waals surface area contributed by atoms with Gasteiger partial charge in [0.05, 0.1) is 0 Å². The van der Waals surface area contributed by atoms with Gasteiger partial charge in [-0.1, -0.05) is 11.6 Å². The summed E-state index contributed by atoms with van der Waals surface area (Å²) in [4.78, 5) is 0. The molecule has 0 bridgehead atoms. The second-order valence-corrected chi connectivity index (χ2v) is 6.41. The van der Waals surface area contributed by atoms with E-state index in [0.717, 1.165) is 29.9 Å². The fourth-order valence-electron chi connectivity index (χ4n) is 1.95. The van der Waals surface area contributed by atoms with Gasteiger partial charge >= 0.3 is 0 Å². The van der Waals surface area contributed by atoms with E-state index in [9.17, 15) is 9.32 Å². The molecule has 0 amide bonds. The maximum atomic E-state index is 11.2. The van der Waals surface area contributed by atoms with Crippen molar-refractivity contribution in [3.05, 3.63) is 28.8 Å². The summed E-state index contributed by atoms with van der Waals surface area (Å²) in [6.07, 6.45) is 1.88. The van der Waals surface area contributed by atoms with Gasteiger partial charge in [-0.05, 0) is 31.0 Å². The minimum atomic E-state index is -0.628. The van der Waals surface area contributed by atoms with Crippen LogP contribution in [0.3, 0.4) is 0 Å². The third kappa shape index (κ3) is 3.69. The van der Waals surface area contributed by atoms with Crippen LogP contribution in [0.25, 0.3) is 0 Å². The Morgan fingerprint density at radius 2 is 2.12 bits per heavy atom. The third-order valence-corrected chi connectivity index (χ3v) is 4.63. The van der Waals surface area contributed by atoms with E-state index in [0.29, 0.717) is 17.6 Å². The first-order chi connectivity index (χ1) is 8.15. The number of hydrogen-bond donors (Lipinski definition) is 2. The SMILES string of the molecule is O=S1CCC(NCc2cc(Cl)ccc2O)CC1. The summed E-state index contributed by atoms with van der Waals surface area (Å²) >= 11 is 5.88. The van der Waals surface area contributed by atoms with Gasteiger partial charge in [0.15, 0.2) is 0 Å². The zero-order valence-corrected chi connectivity index (χ0v) is 11.1. The monoisotopic (exact) mass is 273 g/mol. The zero-order chi connectivity index (χ0) is 12.3. The number of benzene rings is 1. The fraction of sp³-hybridized carbons (Fsp3) is 0.500. The number of nitrogens with one attached hydrogen (secondary N) is 1. The Balaban J connectivity index is 1.89. The van der Waals surface area contributed by atoms with Crippen molar-refractivity contribution in [1.82, 2.24) is 5.32 Å². The third-order valence-electron chi connectivity index (χ3n) is 3.01. The predicted molar refractivity (Wildman–Crippen MR) is 70.9 cm³/mol. The molecule has 0 saturated carbocycles. The van der Waals surface area contributed by atoms with Gasteiger partial charge in [-0.3, -0.25) is 4.21 Å². The summed E-state index contributed by atoms with van der Waals surface area (Å²) in [6.45, 7) is 0.601. The van der Waals surface area contributed by atoms with Crippen LogP contribution in [-0.2, 0) is 17.3 Å². The van der Waals surface area contributed by atoms with Crippen LogP contribution >= 0.6 is 11.6 Å². The maximum Gasteiger partial charge on any atom is 0.120 e. The number of phenolic OH excluding ortho intramolecular Hbond substituents is 1. The van der Waals surface area contributed by atoms with Crippen LogP contribution in [0.2, 0.25) is 5.02 Å². The van der Waals surface area contributed by atoms with Crippen molar-refractivity contribution < 1.29 is 9.32 Å². The summed E-state index contributed by atoms with van der Waals surface area (Å²) in [7, 11) is -0.628. The summed E-state index contributed by atoms with van der Waals surface area (Å²) in [6, 6.07) is 5.44. The lowest BCUT2D eigenvalue weighted by Crippen LogP contribution is -2.35. The van der Waals surface area contributed by atoms with Crippen LogP contribution in [0.1, 0.15) is 18.4 Å². The quantitative estimate of drug-likeness (QED) is 0.886. The normalized spacial score (nSPS) is 24.8. The fourth-order valence-corrected chi connectivity index (χ4v) is 3.44. The van der Waals surface area contributed by atoms with Crippen molar-refractivity contribution in [2.24, 2.45) is 0 Å². The highest BCUT2D eigenvalue weighted by molar-refractivity contribution is 7.85. The Morgan fingerprint density at radius 3 is 2.82 bits per heavy atom. The van der Waals surface area contributed by atoms with E-state index in [2.05, 4.69) is 5.32 Å². The van der Waals surface area contributed by atoms with Crippen molar-refractivity contribution in [3.8, 4) is 5.75 Å². The summed E-state index contributed by atoms with van der Waals surface area (Å²) < 4.78 is 11.2. The van der Waals surface area contributed by atoms with Gasteiger partial charge in [0.1, 0.15) is 5.75 Å². The van der Waals surface area contributed by atoms with Gasteiger partial charge in [-0.25, -0.2) is 0 Å². The number of phenols is 1. The van der Waals surface area contributed by atoms with Crippen LogP contribution in [0.5, 0.6) is 5.75 Å². The lowest BCUT2D eigenvalue weighted by atomic mass is 10.1. The standard InChI is InChI=1S/C12H16ClNO2S/c13-10-1-2-12(15)9(7-10)8-14-11-3-5-17(16)6-4-11/h1-2,7,11,14-15H,3-6,8H2. The van der Waals surface area contributed by atoms with Crippen LogP contribution in [-0.4, -0.2) is 26.9 Å². The van der Waals surface area contributed by atoms with E-state index in [1.807, 2.05) is 0 Å². The molecule has 1 aromatic carbocycles. The molecule has 1 saturated heterocycles. The predicted octanol–water partition coefficient (Wildman–Crippen LogP) is 2.05. The van der Waals surface area contributed by atoms with Gasteiger partial charge in [0, 0.05) is 45.5 Å². The van der Waals surface area contributed by atoms with E-state index in [4.69, 9.17) is 11.6 Å².